The van der Waals surface area contributed by atoms with Crippen LogP contribution in [0.2, 0.25) is 0 Å². The average Bonchev–Trinajstić information content (AvgIpc) is 2.59. The molecule has 1 N–H and O–H groups in total. The van der Waals surface area contributed by atoms with Crippen molar-refractivity contribution in [3.8, 4) is 16.9 Å². The van der Waals surface area contributed by atoms with Gasteiger partial charge in [-0.2, -0.15) is 0 Å². The van der Waals surface area contributed by atoms with Gasteiger partial charge in [-0.15, -0.1) is 0 Å². The summed E-state index contributed by atoms with van der Waals surface area (Å²) in [4.78, 5) is 0. The predicted octanol–water partition coefficient (Wildman–Crippen LogP) is 0.218. The fourth-order valence-corrected chi connectivity index (χ4v) is 2.48. The zero-order valence-electron chi connectivity index (χ0n) is 9.14. The average molecular weight is 212 g/mol. The van der Waals surface area contributed by atoms with E-state index >= 15 is 0 Å². The lowest BCUT2D eigenvalue weighted by atomic mass is 9.73. The molecule has 2 aromatic rings. The summed E-state index contributed by atoms with van der Waals surface area (Å²) in [6, 6.07) is 9.19. The molecule has 4 heteroatoms. The second kappa shape index (κ2) is 3.46. The van der Waals surface area contributed by atoms with Crippen LogP contribution in [0.4, 0.5) is 0 Å². The zero-order chi connectivity index (χ0) is 12.2. The van der Waals surface area contributed by atoms with Crippen molar-refractivity contribution in [2.75, 3.05) is 0 Å². The van der Waals surface area contributed by atoms with E-state index in [0.29, 0.717) is 16.5 Å². The second-order valence-corrected chi connectivity index (χ2v) is 4.25. The summed E-state index contributed by atoms with van der Waals surface area (Å²) in [6.07, 6.45) is 0. The van der Waals surface area contributed by atoms with Crippen LogP contribution in [0.3, 0.4) is 0 Å². The first kappa shape index (κ1) is 10.6. The van der Waals surface area contributed by atoms with Crippen LogP contribution in [-0.2, 0) is 0 Å². The molecule has 1 aliphatic rings. The Kier molecular flexibility index (Phi) is 2.15. The van der Waals surface area contributed by atoms with Crippen molar-refractivity contribution >= 4 is 34.5 Å². The van der Waals surface area contributed by atoms with Gasteiger partial charge in [0.15, 0.2) is 0 Å². The van der Waals surface area contributed by atoms with E-state index in [9.17, 15) is 5.11 Å². The van der Waals surface area contributed by atoms with Crippen LogP contribution in [0.15, 0.2) is 30.3 Å². The van der Waals surface area contributed by atoms with Gasteiger partial charge in [-0.05, 0) is 28.1 Å². The van der Waals surface area contributed by atoms with Crippen molar-refractivity contribution in [3.05, 3.63) is 41.5 Å². The highest BCUT2D eigenvalue weighted by atomic mass is 16.3. The van der Waals surface area contributed by atoms with Gasteiger partial charge in [-0.1, -0.05) is 41.3 Å². The van der Waals surface area contributed by atoms with Crippen molar-refractivity contribution in [2.24, 2.45) is 0 Å². The minimum Gasteiger partial charge on any atom is -0.508 e. The van der Waals surface area contributed by atoms with Crippen molar-refractivity contribution < 1.29 is 5.11 Å². The highest BCUT2D eigenvalue weighted by Gasteiger charge is 2.28. The smallest absolute Gasteiger partial charge is 0.119 e. The maximum atomic E-state index is 10.0. The van der Waals surface area contributed by atoms with Crippen molar-refractivity contribution in [1.29, 1.82) is 0 Å². The summed E-state index contributed by atoms with van der Waals surface area (Å²) in [7, 11) is 17.8. The third kappa shape index (κ3) is 1.30. The predicted molar refractivity (Wildman–Crippen MR) is 71.9 cm³/mol. The highest BCUT2D eigenvalue weighted by Crippen LogP contribution is 2.45. The molecule has 0 heterocycles. The maximum absolute atomic E-state index is 10.0. The quantitative estimate of drug-likeness (QED) is 0.618. The van der Waals surface area contributed by atoms with Crippen molar-refractivity contribution in [1.82, 2.24) is 0 Å². The Bertz CT molecular complexity index is 622. The standard InChI is InChI=1S/C13H7B3O/c14-8-3-1-2-6-7-4-5-9(15)13(17)11(7)12(16)10(6)8/h1-5,12,17H. The van der Waals surface area contributed by atoms with Gasteiger partial charge in [-0.3, -0.25) is 0 Å². The summed E-state index contributed by atoms with van der Waals surface area (Å²) in [5.74, 6) is -0.352. The van der Waals surface area contributed by atoms with Crippen LogP contribution < -0.4 is 10.9 Å². The molecule has 0 saturated heterocycles. The van der Waals surface area contributed by atoms with Gasteiger partial charge in [0.05, 0.1) is 7.85 Å². The van der Waals surface area contributed by atoms with Gasteiger partial charge in [0.1, 0.15) is 21.4 Å². The Labute approximate surface area is 104 Å². The van der Waals surface area contributed by atoms with Crippen LogP contribution in [0.25, 0.3) is 11.1 Å². The number of hydrogen-bond acceptors (Lipinski definition) is 1. The molecule has 0 saturated carbocycles. The summed E-state index contributed by atoms with van der Waals surface area (Å²) >= 11 is 0. The number of rotatable bonds is 0. The topological polar surface area (TPSA) is 20.2 Å². The molecule has 0 amide bonds. The van der Waals surface area contributed by atoms with E-state index < -0.39 is 5.82 Å². The van der Waals surface area contributed by atoms with Gasteiger partial charge in [0, 0.05) is 0 Å². The number of phenols is 1. The molecule has 1 nitrogen and oxygen atoms in total. The normalized spacial score (nSPS) is 16.6. The number of phenolic OH excluding ortho intramolecular Hbond substituents is 1. The molecule has 0 aliphatic heterocycles. The number of aromatic hydroxyl groups is 1. The summed E-state index contributed by atoms with van der Waals surface area (Å²) < 4.78 is 0. The lowest BCUT2D eigenvalue weighted by Crippen LogP contribution is -2.13. The Morgan fingerprint density at radius 2 is 1.59 bits per heavy atom. The van der Waals surface area contributed by atoms with E-state index in [2.05, 4.69) is 0 Å². The molecule has 0 spiro atoms. The van der Waals surface area contributed by atoms with Gasteiger partial charge in [0.25, 0.3) is 0 Å². The van der Waals surface area contributed by atoms with Crippen molar-refractivity contribution in [2.45, 2.75) is 5.82 Å². The van der Waals surface area contributed by atoms with Gasteiger partial charge in [0.2, 0.25) is 0 Å². The first-order chi connectivity index (χ1) is 8.11. The highest BCUT2D eigenvalue weighted by molar-refractivity contribution is 6.37. The molecular formula is C13H7B3O. The molecule has 1 atom stereocenters. The third-order valence-electron chi connectivity index (χ3n) is 3.30. The lowest BCUT2D eigenvalue weighted by molar-refractivity contribution is 0.474. The lowest BCUT2D eigenvalue weighted by Gasteiger charge is -2.12. The van der Waals surface area contributed by atoms with Gasteiger partial charge >= 0.3 is 0 Å². The van der Waals surface area contributed by atoms with Gasteiger partial charge < -0.3 is 5.11 Å². The SMILES string of the molecule is [B]c1ccc2c(c1O)C([B])c1c([B])cccc1-2. The maximum Gasteiger partial charge on any atom is 0.119 e. The first-order valence-electron chi connectivity index (χ1n) is 5.37. The Morgan fingerprint density at radius 1 is 0.882 bits per heavy atom. The molecule has 2 aromatic carbocycles. The largest absolute Gasteiger partial charge is 0.508 e. The monoisotopic (exact) mass is 212 g/mol. The van der Waals surface area contributed by atoms with Crippen LogP contribution in [0, 0.1) is 0 Å². The molecule has 0 aromatic heterocycles. The summed E-state index contributed by atoms with van der Waals surface area (Å²) in [6.45, 7) is 0. The molecular weight excluding hydrogens is 205 g/mol. The van der Waals surface area contributed by atoms with Gasteiger partial charge in [-0.25, -0.2) is 0 Å². The third-order valence-corrected chi connectivity index (χ3v) is 3.30. The minimum absolute atomic E-state index is 0.0607. The van der Waals surface area contributed by atoms with E-state index in [0.717, 1.165) is 16.7 Å². The zero-order valence-corrected chi connectivity index (χ0v) is 9.14. The van der Waals surface area contributed by atoms with Crippen molar-refractivity contribution in [3.63, 3.8) is 0 Å². The number of fused-ring (bicyclic) bond motifs is 3. The number of hydrogen-bond donors (Lipinski definition) is 1. The van der Waals surface area contributed by atoms with Crippen LogP contribution >= 0.6 is 0 Å². The van der Waals surface area contributed by atoms with E-state index in [1.165, 1.54) is 0 Å². The Morgan fingerprint density at radius 3 is 2.35 bits per heavy atom. The molecule has 17 heavy (non-hydrogen) atoms. The van der Waals surface area contributed by atoms with E-state index in [-0.39, 0.29) is 5.75 Å². The van der Waals surface area contributed by atoms with Crippen LogP contribution in [0.5, 0.6) is 5.75 Å². The van der Waals surface area contributed by atoms with E-state index in [4.69, 9.17) is 23.5 Å². The van der Waals surface area contributed by atoms with E-state index in [1.807, 2.05) is 24.3 Å². The molecule has 3 rings (SSSR count). The first-order valence-corrected chi connectivity index (χ1v) is 5.37. The Hall–Kier alpha value is -1.57. The molecule has 0 fully saturated rings. The fourth-order valence-electron chi connectivity index (χ4n) is 2.48. The summed E-state index contributed by atoms with van der Waals surface area (Å²) in [5, 5.41) is 10.0. The Balaban J connectivity index is 2.38. The second-order valence-electron chi connectivity index (χ2n) is 4.25. The molecule has 1 aliphatic carbocycles. The van der Waals surface area contributed by atoms with Crippen LogP contribution in [-0.4, -0.2) is 28.6 Å². The molecule has 6 radical (unpaired) electrons. The minimum atomic E-state index is -0.412. The number of benzene rings is 2. The van der Waals surface area contributed by atoms with Crippen LogP contribution in [0.1, 0.15) is 16.9 Å². The molecule has 74 valence electrons. The fraction of sp³-hybridized carbons (Fsp3) is 0.0769. The molecule has 0 bridgehead atoms. The summed E-state index contributed by atoms with van der Waals surface area (Å²) in [5.41, 5.74) is 4.39. The van der Waals surface area contributed by atoms with E-state index in [1.54, 1.807) is 6.07 Å². The molecule has 1 unspecified atom stereocenters.